The Hall–Kier alpha value is -0.370. The highest BCUT2D eigenvalue weighted by Crippen LogP contribution is 2.29. The molecule has 1 aromatic carbocycles. The van der Waals surface area contributed by atoms with Gasteiger partial charge in [-0.05, 0) is 31.8 Å². The number of sulfonamides is 1. The fraction of sp³-hybridized carbons (Fsp3) is 0.455. The lowest BCUT2D eigenvalue weighted by Crippen LogP contribution is -2.31. The summed E-state index contributed by atoms with van der Waals surface area (Å²) in [5.41, 5.74) is 6.01. The molecule has 0 aliphatic heterocycles. The van der Waals surface area contributed by atoms with Gasteiger partial charge < -0.3 is 10.6 Å². The normalized spacial score (nSPS) is 12.1. The van der Waals surface area contributed by atoms with Crippen LogP contribution in [0.2, 0.25) is 10.0 Å². The van der Waals surface area contributed by atoms with Crippen molar-refractivity contribution in [2.24, 2.45) is 5.73 Å². The van der Waals surface area contributed by atoms with E-state index in [2.05, 4.69) is 4.72 Å². The second-order valence-electron chi connectivity index (χ2n) is 4.28. The van der Waals surface area contributed by atoms with Crippen LogP contribution in [0.25, 0.3) is 0 Å². The van der Waals surface area contributed by atoms with Gasteiger partial charge in [-0.1, -0.05) is 23.2 Å². The Kier molecular flexibility index (Phi) is 6.04. The number of halogens is 2. The third kappa shape index (κ3) is 4.59. The molecule has 3 N–H and O–H groups in total. The van der Waals surface area contributed by atoms with Gasteiger partial charge >= 0.3 is 0 Å². The van der Waals surface area contributed by atoms with Crippen LogP contribution < -0.4 is 10.5 Å². The topological polar surface area (TPSA) is 75.4 Å². The van der Waals surface area contributed by atoms with Crippen molar-refractivity contribution in [3.63, 3.8) is 0 Å². The van der Waals surface area contributed by atoms with Crippen LogP contribution in [0, 0.1) is 0 Å². The fourth-order valence-corrected chi connectivity index (χ4v) is 3.40. The Morgan fingerprint density at radius 2 is 1.95 bits per heavy atom. The molecule has 0 unspecified atom stereocenters. The van der Waals surface area contributed by atoms with Crippen LogP contribution in [0.4, 0.5) is 0 Å². The summed E-state index contributed by atoms with van der Waals surface area (Å²) in [6.45, 7) is 0.997. The molecule has 0 radical (unpaired) electrons. The zero-order valence-electron chi connectivity index (χ0n) is 10.8. The summed E-state index contributed by atoms with van der Waals surface area (Å²) >= 11 is 11.9. The van der Waals surface area contributed by atoms with E-state index >= 15 is 0 Å². The molecular formula is C11H17Cl2N3O2S. The van der Waals surface area contributed by atoms with Gasteiger partial charge in [0, 0.05) is 24.7 Å². The zero-order chi connectivity index (χ0) is 14.6. The molecule has 0 spiro atoms. The minimum atomic E-state index is -3.69. The lowest BCUT2D eigenvalue weighted by Gasteiger charge is -2.13. The van der Waals surface area contributed by atoms with Crippen LogP contribution in [0.5, 0.6) is 0 Å². The van der Waals surface area contributed by atoms with E-state index in [1.165, 1.54) is 6.07 Å². The van der Waals surface area contributed by atoms with E-state index in [9.17, 15) is 8.42 Å². The lowest BCUT2D eigenvalue weighted by atomic mass is 10.2. The summed E-state index contributed by atoms with van der Waals surface area (Å²) in [6, 6.07) is 2.88. The largest absolute Gasteiger partial charge is 0.326 e. The summed E-state index contributed by atoms with van der Waals surface area (Å²) in [5, 5.41) is 0.405. The van der Waals surface area contributed by atoms with Crippen molar-refractivity contribution in [1.82, 2.24) is 9.62 Å². The summed E-state index contributed by atoms with van der Waals surface area (Å²) in [4.78, 5) is 1.83. The van der Waals surface area contributed by atoms with Crippen LogP contribution in [-0.2, 0) is 16.6 Å². The Morgan fingerprint density at radius 1 is 1.32 bits per heavy atom. The van der Waals surface area contributed by atoms with E-state index in [1.54, 1.807) is 6.07 Å². The number of benzene rings is 1. The maximum Gasteiger partial charge on any atom is 0.242 e. The summed E-state index contributed by atoms with van der Waals surface area (Å²) in [6.07, 6.45) is 0. The van der Waals surface area contributed by atoms with Crippen molar-refractivity contribution in [2.45, 2.75) is 11.4 Å². The maximum absolute atomic E-state index is 12.1. The molecule has 0 aromatic heterocycles. The van der Waals surface area contributed by atoms with Crippen LogP contribution >= 0.6 is 23.2 Å². The Labute approximate surface area is 123 Å². The highest BCUT2D eigenvalue weighted by atomic mass is 35.5. The molecule has 0 atom stereocenters. The van der Waals surface area contributed by atoms with Gasteiger partial charge in [-0.2, -0.15) is 0 Å². The van der Waals surface area contributed by atoms with Crippen molar-refractivity contribution >= 4 is 33.2 Å². The Balaban J connectivity index is 3.04. The summed E-state index contributed by atoms with van der Waals surface area (Å²) < 4.78 is 26.8. The molecule has 0 aliphatic carbocycles. The minimum Gasteiger partial charge on any atom is -0.326 e. The van der Waals surface area contributed by atoms with Gasteiger partial charge in [0.1, 0.15) is 4.90 Å². The van der Waals surface area contributed by atoms with E-state index in [4.69, 9.17) is 28.9 Å². The molecule has 5 nitrogen and oxygen atoms in total. The first kappa shape index (κ1) is 16.7. The molecule has 0 bridgehead atoms. The predicted octanol–water partition coefficient (Wildman–Crippen LogP) is 1.29. The van der Waals surface area contributed by atoms with Crippen molar-refractivity contribution in [3.05, 3.63) is 27.7 Å². The molecule has 0 amide bonds. The molecule has 0 saturated heterocycles. The van der Waals surface area contributed by atoms with E-state index < -0.39 is 10.0 Å². The molecule has 1 rings (SSSR count). The third-order valence-electron chi connectivity index (χ3n) is 2.44. The predicted molar refractivity (Wildman–Crippen MR) is 78.1 cm³/mol. The number of likely N-dealkylation sites (N-methyl/N-ethyl adjacent to an activating group) is 1. The van der Waals surface area contributed by atoms with E-state index in [1.807, 2.05) is 19.0 Å². The van der Waals surface area contributed by atoms with Gasteiger partial charge in [0.15, 0.2) is 0 Å². The molecular weight excluding hydrogens is 309 g/mol. The molecule has 0 heterocycles. The standard InChI is InChI=1S/C11H17Cl2N3O2S/c1-16(2)4-3-15-19(17,18)10-6-9(12)5-8(7-14)11(10)13/h5-6,15H,3-4,7,14H2,1-2H3. The van der Waals surface area contributed by atoms with Gasteiger partial charge in [-0.25, -0.2) is 13.1 Å². The molecule has 0 aliphatic rings. The average molecular weight is 326 g/mol. The van der Waals surface area contributed by atoms with Gasteiger partial charge in [0.2, 0.25) is 10.0 Å². The van der Waals surface area contributed by atoms with Crippen molar-refractivity contribution < 1.29 is 8.42 Å². The summed E-state index contributed by atoms with van der Waals surface area (Å²) in [7, 11) is 0.0184. The van der Waals surface area contributed by atoms with Crippen LogP contribution in [0.1, 0.15) is 5.56 Å². The van der Waals surface area contributed by atoms with E-state index in [0.717, 1.165) is 0 Å². The van der Waals surface area contributed by atoms with Crippen LogP contribution in [0.15, 0.2) is 17.0 Å². The van der Waals surface area contributed by atoms with E-state index in [-0.39, 0.29) is 28.0 Å². The number of nitrogens with zero attached hydrogens (tertiary/aromatic N) is 1. The number of rotatable bonds is 6. The number of hydrogen-bond donors (Lipinski definition) is 2. The quantitative estimate of drug-likeness (QED) is 0.826. The first-order valence-electron chi connectivity index (χ1n) is 5.60. The first-order valence-corrected chi connectivity index (χ1v) is 7.84. The SMILES string of the molecule is CN(C)CCNS(=O)(=O)c1cc(Cl)cc(CN)c1Cl. The molecule has 0 saturated carbocycles. The van der Waals surface area contributed by atoms with E-state index in [0.29, 0.717) is 12.1 Å². The second kappa shape index (κ2) is 6.88. The average Bonchev–Trinajstić information content (AvgIpc) is 2.30. The third-order valence-corrected chi connectivity index (χ3v) is 4.70. The number of nitrogens with two attached hydrogens (primary N) is 1. The highest BCUT2D eigenvalue weighted by molar-refractivity contribution is 7.89. The molecule has 0 fully saturated rings. The monoisotopic (exact) mass is 325 g/mol. The van der Waals surface area contributed by atoms with Crippen molar-refractivity contribution in [1.29, 1.82) is 0 Å². The second-order valence-corrected chi connectivity index (χ2v) is 6.83. The highest BCUT2D eigenvalue weighted by Gasteiger charge is 2.20. The van der Waals surface area contributed by atoms with Crippen molar-refractivity contribution in [3.8, 4) is 0 Å². The number of nitrogens with one attached hydrogen (secondary N) is 1. The molecule has 19 heavy (non-hydrogen) atoms. The van der Waals surface area contributed by atoms with Crippen LogP contribution in [0.3, 0.4) is 0 Å². The van der Waals surface area contributed by atoms with Crippen LogP contribution in [-0.4, -0.2) is 40.5 Å². The molecule has 108 valence electrons. The molecule has 1 aromatic rings. The first-order chi connectivity index (χ1) is 8.77. The van der Waals surface area contributed by atoms with Gasteiger partial charge in [0.25, 0.3) is 0 Å². The van der Waals surface area contributed by atoms with Crippen molar-refractivity contribution in [2.75, 3.05) is 27.2 Å². The fourth-order valence-electron chi connectivity index (χ4n) is 1.44. The lowest BCUT2D eigenvalue weighted by molar-refractivity contribution is 0.412. The Morgan fingerprint density at radius 3 is 2.47 bits per heavy atom. The zero-order valence-corrected chi connectivity index (χ0v) is 13.1. The van der Waals surface area contributed by atoms with Gasteiger partial charge in [-0.15, -0.1) is 0 Å². The van der Waals surface area contributed by atoms with Gasteiger partial charge in [0.05, 0.1) is 5.02 Å². The molecule has 8 heteroatoms. The summed E-state index contributed by atoms with van der Waals surface area (Å²) in [5.74, 6) is 0. The number of hydrogen-bond acceptors (Lipinski definition) is 4. The minimum absolute atomic E-state index is 0.0409. The smallest absolute Gasteiger partial charge is 0.242 e. The Bertz CT molecular complexity index is 547. The van der Waals surface area contributed by atoms with Gasteiger partial charge in [-0.3, -0.25) is 0 Å². The maximum atomic E-state index is 12.1.